The summed E-state index contributed by atoms with van der Waals surface area (Å²) < 4.78 is 5.00. The van der Waals surface area contributed by atoms with E-state index in [1.54, 1.807) is 4.90 Å². The smallest absolute Gasteiger partial charge is 0.414 e. The molecule has 8 heteroatoms. The fraction of sp³-hybridized carbons (Fsp3) is 0.375. The van der Waals surface area contributed by atoms with Gasteiger partial charge in [0.15, 0.2) is 0 Å². The second-order valence-corrected chi connectivity index (χ2v) is 8.07. The lowest BCUT2D eigenvalue weighted by molar-refractivity contribution is -0.118. The highest BCUT2D eigenvalue weighted by atomic mass is 16.6. The van der Waals surface area contributed by atoms with Crippen molar-refractivity contribution in [2.45, 2.75) is 39.2 Å². The van der Waals surface area contributed by atoms with Gasteiger partial charge >= 0.3 is 12.1 Å². The fourth-order valence-corrected chi connectivity index (χ4v) is 4.14. The summed E-state index contributed by atoms with van der Waals surface area (Å²) in [6, 6.07) is 12.6. The van der Waals surface area contributed by atoms with Crippen LogP contribution in [0.4, 0.5) is 26.7 Å². The van der Waals surface area contributed by atoms with Crippen LogP contribution in [0, 0.1) is 0 Å². The topological polar surface area (TPSA) is 91.0 Å². The summed E-state index contributed by atoms with van der Waals surface area (Å²) in [7, 11) is 0. The van der Waals surface area contributed by atoms with Crippen LogP contribution < -0.4 is 20.4 Å². The van der Waals surface area contributed by atoms with E-state index in [9.17, 15) is 14.4 Å². The molecule has 1 atom stereocenters. The molecule has 8 nitrogen and oxygen atoms in total. The average Bonchev–Trinajstić information content (AvgIpc) is 3.21. The second-order valence-electron chi connectivity index (χ2n) is 8.07. The van der Waals surface area contributed by atoms with Gasteiger partial charge in [0.2, 0.25) is 5.91 Å². The molecule has 32 heavy (non-hydrogen) atoms. The number of urea groups is 1. The third kappa shape index (κ3) is 4.54. The van der Waals surface area contributed by atoms with Crippen LogP contribution in [0.25, 0.3) is 0 Å². The Kier molecular flexibility index (Phi) is 6.30. The Labute approximate surface area is 187 Å². The lowest BCUT2D eigenvalue weighted by atomic mass is 10.00. The van der Waals surface area contributed by atoms with Gasteiger partial charge in [0.25, 0.3) is 0 Å². The van der Waals surface area contributed by atoms with Gasteiger partial charge in [-0.15, -0.1) is 0 Å². The van der Waals surface area contributed by atoms with E-state index in [2.05, 4.69) is 17.6 Å². The Bertz CT molecular complexity index is 1040. The Morgan fingerprint density at radius 3 is 2.75 bits per heavy atom. The molecule has 0 aliphatic carbocycles. The predicted molar refractivity (Wildman–Crippen MR) is 123 cm³/mol. The van der Waals surface area contributed by atoms with E-state index in [0.29, 0.717) is 38.2 Å². The van der Waals surface area contributed by atoms with Gasteiger partial charge in [-0.1, -0.05) is 19.1 Å². The van der Waals surface area contributed by atoms with E-state index in [4.69, 9.17) is 4.74 Å². The van der Waals surface area contributed by atoms with Gasteiger partial charge in [-0.05, 0) is 61.2 Å². The van der Waals surface area contributed by atoms with E-state index in [0.717, 1.165) is 28.9 Å². The van der Waals surface area contributed by atoms with Gasteiger partial charge in [0.05, 0.1) is 12.6 Å². The molecule has 0 spiro atoms. The Hall–Kier alpha value is -3.55. The van der Waals surface area contributed by atoms with E-state index in [1.807, 2.05) is 54.3 Å². The number of carbonyl (C=O) groups excluding carboxylic acids is 3. The molecule has 1 unspecified atom stereocenters. The summed E-state index contributed by atoms with van der Waals surface area (Å²) >= 11 is 0. The molecular weight excluding hydrogens is 408 g/mol. The normalized spacial score (nSPS) is 16.4. The highest BCUT2D eigenvalue weighted by Gasteiger charge is 2.25. The molecular formula is C24H28N4O4. The van der Waals surface area contributed by atoms with Crippen molar-refractivity contribution in [3.8, 4) is 0 Å². The summed E-state index contributed by atoms with van der Waals surface area (Å²) in [4.78, 5) is 40.0. The number of hydrogen-bond acceptors (Lipinski definition) is 4. The minimum absolute atomic E-state index is 0.149. The number of rotatable bonds is 6. The first-order chi connectivity index (χ1) is 15.5. The highest BCUT2D eigenvalue weighted by Crippen LogP contribution is 2.30. The van der Waals surface area contributed by atoms with E-state index < -0.39 is 0 Å². The number of fused-ring (bicyclic) bond motifs is 1. The lowest BCUT2D eigenvalue weighted by Gasteiger charge is -2.29. The molecule has 2 aromatic rings. The average molecular weight is 437 g/mol. The van der Waals surface area contributed by atoms with Crippen LogP contribution in [-0.4, -0.2) is 37.7 Å². The first-order valence-corrected chi connectivity index (χ1v) is 11.0. The van der Waals surface area contributed by atoms with Crippen LogP contribution in [0.1, 0.15) is 43.9 Å². The predicted octanol–water partition coefficient (Wildman–Crippen LogP) is 4.22. The van der Waals surface area contributed by atoms with E-state index in [1.165, 1.54) is 0 Å². The molecule has 0 radical (unpaired) electrons. The van der Waals surface area contributed by atoms with Crippen LogP contribution >= 0.6 is 0 Å². The number of hydrogen-bond donors (Lipinski definition) is 2. The van der Waals surface area contributed by atoms with Crippen LogP contribution in [0.2, 0.25) is 0 Å². The van der Waals surface area contributed by atoms with Crippen LogP contribution in [0.3, 0.4) is 0 Å². The van der Waals surface area contributed by atoms with E-state index in [-0.39, 0.29) is 24.1 Å². The molecule has 0 aromatic heterocycles. The standard InChI is InChI=1S/C24H28N4O4/c1-3-11-28-21-9-8-19(14-18(21)7-10-22(28)29)26-23(30)25-16(2)17-5-4-6-20(15-17)27-12-13-32-24(27)31/h4-6,8-9,14-16H,3,7,10-13H2,1-2H3,(H2,25,26,30). The van der Waals surface area contributed by atoms with Gasteiger partial charge in [-0.2, -0.15) is 0 Å². The SMILES string of the molecule is CCCN1C(=O)CCc2cc(NC(=O)NC(C)c3cccc(N4CCOC4=O)c3)ccc21. The summed E-state index contributed by atoms with van der Waals surface area (Å²) in [6.07, 6.45) is 1.70. The number of ether oxygens (including phenoxy) is 1. The van der Waals surface area contributed by atoms with Gasteiger partial charge in [-0.3, -0.25) is 9.69 Å². The highest BCUT2D eigenvalue weighted by molar-refractivity contribution is 5.97. The molecule has 2 aromatic carbocycles. The van der Waals surface area contributed by atoms with Crippen LogP contribution in [-0.2, 0) is 16.0 Å². The largest absolute Gasteiger partial charge is 0.447 e. The zero-order valence-corrected chi connectivity index (χ0v) is 18.4. The number of cyclic esters (lactones) is 1. The quantitative estimate of drug-likeness (QED) is 0.710. The van der Waals surface area contributed by atoms with Crippen LogP contribution in [0.5, 0.6) is 0 Å². The van der Waals surface area contributed by atoms with Crippen molar-refractivity contribution < 1.29 is 19.1 Å². The molecule has 168 valence electrons. The Morgan fingerprint density at radius 2 is 2.00 bits per heavy atom. The van der Waals surface area contributed by atoms with Gasteiger partial charge < -0.3 is 20.3 Å². The molecule has 0 bridgehead atoms. The number of aryl methyl sites for hydroxylation is 1. The van der Waals surface area contributed by atoms with Crippen molar-refractivity contribution in [1.29, 1.82) is 0 Å². The fourth-order valence-electron chi connectivity index (χ4n) is 4.14. The molecule has 2 aliphatic heterocycles. The van der Waals surface area contributed by atoms with Crippen molar-refractivity contribution in [3.63, 3.8) is 0 Å². The van der Waals surface area contributed by atoms with Crippen molar-refractivity contribution >= 4 is 35.1 Å². The molecule has 0 saturated carbocycles. The first-order valence-electron chi connectivity index (χ1n) is 11.0. The minimum atomic E-state index is -0.355. The third-order valence-corrected chi connectivity index (χ3v) is 5.77. The van der Waals surface area contributed by atoms with Crippen molar-refractivity contribution in [1.82, 2.24) is 5.32 Å². The van der Waals surface area contributed by atoms with Crippen molar-refractivity contribution in [2.24, 2.45) is 0 Å². The summed E-state index contributed by atoms with van der Waals surface area (Å²) in [6.45, 7) is 5.54. The molecule has 1 fully saturated rings. The summed E-state index contributed by atoms with van der Waals surface area (Å²) in [5, 5.41) is 5.83. The number of amides is 4. The third-order valence-electron chi connectivity index (χ3n) is 5.77. The van der Waals surface area contributed by atoms with E-state index >= 15 is 0 Å². The Morgan fingerprint density at radius 1 is 1.16 bits per heavy atom. The monoisotopic (exact) mass is 436 g/mol. The van der Waals surface area contributed by atoms with Crippen molar-refractivity contribution in [3.05, 3.63) is 53.6 Å². The number of benzene rings is 2. The molecule has 2 N–H and O–H groups in total. The Balaban J connectivity index is 1.41. The molecule has 4 amide bonds. The minimum Gasteiger partial charge on any atom is -0.447 e. The molecule has 1 saturated heterocycles. The molecule has 4 rings (SSSR count). The summed E-state index contributed by atoms with van der Waals surface area (Å²) in [5.74, 6) is 0.149. The maximum absolute atomic E-state index is 12.6. The number of carbonyl (C=O) groups is 3. The maximum Gasteiger partial charge on any atom is 0.414 e. The van der Waals surface area contributed by atoms with Gasteiger partial charge in [0, 0.05) is 30.0 Å². The number of anilines is 3. The summed E-state index contributed by atoms with van der Waals surface area (Å²) in [5.41, 5.74) is 4.32. The molecule has 2 heterocycles. The number of nitrogens with one attached hydrogen (secondary N) is 2. The zero-order chi connectivity index (χ0) is 22.7. The maximum atomic E-state index is 12.6. The van der Waals surface area contributed by atoms with Gasteiger partial charge in [-0.25, -0.2) is 9.59 Å². The van der Waals surface area contributed by atoms with Crippen LogP contribution in [0.15, 0.2) is 42.5 Å². The lowest BCUT2D eigenvalue weighted by Crippen LogP contribution is -2.36. The zero-order valence-electron chi connectivity index (χ0n) is 18.4. The second kappa shape index (κ2) is 9.30. The molecule has 2 aliphatic rings. The van der Waals surface area contributed by atoms with Crippen molar-refractivity contribution in [2.75, 3.05) is 34.8 Å². The first kappa shape index (κ1) is 21.7. The number of nitrogens with zero attached hydrogens (tertiary/aromatic N) is 2. The van der Waals surface area contributed by atoms with Gasteiger partial charge in [0.1, 0.15) is 6.61 Å².